The molecule has 4 atom stereocenters. The highest BCUT2D eigenvalue weighted by molar-refractivity contribution is 5.84. The molecule has 0 bridgehead atoms. The van der Waals surface area contributed by atoms with E-state index in [1.54, 1.807) is 12.1 Å². The maximum atomic E-state index is 13.1. The fraction of sp³-hybridized carbons (Fsp3) is 0.588. The Kier molecular flexibility index (Phi) is 3.98. The van der Waals surface area contributed by atoms with Crippen molar-refractivity contribution in [3.63, 3.8) is 0 Å². The summed E-state index contributed by atoms with van der Waals surface area (Å²) in [5.41, 5.74) is 0.972. The molecule has 4 unspecified atom stereocenters. The van der Waals surface area contributed by atoms with Gasteiger partial charge in [0.1, 0.15) is 12.0 Å². The first-order valence-corrected chi connectivity index (χ1v) is 7.93. The zero-order chi connectivity index (χ0) is 15.0. The number of carbonyl (C=O) groups excluding carboxylic acids is 1. The van der Waals surface area contributed by atoms with Crippen LogP contribution in [0, 0.1) is 11.7 Å². The first kappa shape index (κ1) is 14.5. The minimum atomic E-state index is -0.240. The maximum absolute atomic E-state index is 13.1. The van der Waals surface area contributed by atoms with Gasteiger partial charge in [0.15, 0.2) is 0 Å². The molecule has 2 fully saturated rings. The molecule has 1 aromatic rings. The van der Waals surface area contributed by atoms with Gasteiger partial charge in [-0.1, -0.05) is 26.0 Å². The van der Waals surface area contributed by atoms with Gasteiger partial charge in [0.05, 0.1) is 6.04 Å². The molecule has 0 radical (unpaired) electrons. The van der Waals surface area contributed by atoms with Gasteiger partial charge < -0.3 is 4.90 Å². The van der Waals surface area contributed by atoms with E-state index in [4.69, 9.17) is 0 Å². The van der Waals surface area contributed by atoms with E-state index in [9.17, 15) is 9.18 Å². The van der Waals surface area contributed by atoms with E-state index in [0.29, 0.717) is 12.0 Å². The molecule has 1 saturated heterocycles. The number of carbonyl (C=O) groups is 1. The summed E-state index contributed by atoms with van der Waals surface area (Å²) < 4.78 is 13.1. The summed E-state index contributed by atoms with van der Waals surface area (Å²) in [4.78, 5) is 14.7. The largest absolute Gasteiger partial charge is 0.319 e. The second-order valence-electron chi connectivity index (χ2n) is 6.40. The number of rotatable bonds is 3. The smallest absolute Gasteiger partial charge is 0.241 e. The average molecular weight is 290 g/mol. The van der Waals surface area contributed by atoms with Gasteiger partial charge in [0, 0.05) is 6.04 Å². The SMILES string of the molecule is CCC1NC(c2ccc(F)cc2)N(C2CCC(C)C2)C1=O. The second-order valence-corrected chi connectivity index (χ2v) is 6.40. The zero-order valence-corrected chi connectivity index (χ0v) is 12.7. The van der Waals surface area contributed by atoms with E-state index in [-0.39, 0.29) is 23.9 Å². The summed E-state index contributed by atoms with van der Waals surface area (Å²) in [6.45, 7) is 4.27. The minimum absolute atomic E-state index is 0.113. The monoisotopic (exact) mass is 290 g/mol. The van der Waals surface area contributed by atoms with Crippen LogP contribution in [0.1, 0.15) is 51.3 Å². The summed E-state index contributed by atoms with van der Waals surface area (Å²) in [6.07, 6.45) is 4.00. The highest BCUT2D eigenvalue weighted by Crippen LogP contribution is 2.36. The molecule has 1 aromatic carbocycles. The van der Waals surface area contributed by atoms with Crippen molar-refractivity contribution < 1.29 is 9.18 Å². The second kappa shape index (κ2) is 5.76. The molecule has 3 rings (SSSR count). The van der Waals surface area contributed by atoms with Gasteiger partial charge in [0.25, 0.3) is 0 Å². The van der Waals surface area contributed by atoms with Crippen LogP contribution in [-0.2, 0) is 4.79 Å². The number of nitrogens with one attached hydrogen (secondary N) is 1. The number of hydrogen-bond acceptors (Lipinski definition) is 2. The van der Waals surface area contributed by atoms with E-state index in [1.807, 2.05) is 11.8 Å². The van der Waals surface area contributed by atoms with Crippen LogP contribution >= 0.6 is 0 Å². The molecule has 1 amide bonds. The van der Waals surface area contributed by atoms with Gasteiger partial charge in [-0.3, -0.25) is 10.1 Å². The Morgan fingerprint density at radius 1 is 1.29 bits per heavy atom. The highest BCUT2D eigenvalue weighted by Gasteiger charge is 2.43. The fourth-order valence-electron chi connectivity index (χ4n) is 3.66. The van der Waals surface area contributed by atoms with Crippen LogP contribution in [-0.4, -0.2) is 22.9 Å². The summed E-state index contributed by atoms with van der Waals surface area (Å²) in [7, 11) is 0. The summed E-state index contributed by atoms with van der Waals surface area (Å²) in [6, 6.07) is 6.70. The van der Waals surface area contributed by atoms with Crippen LogP contribution in [0.4, 0.5) is 4.39 Å². The van der Waals surface area contributed by atoms with Gasteiger partial charge >= 0.3 is 0 Å². The number of nitrogens with zero attached hydrogens (tertiary/aromatic N) is 1. The van der Waals surface area contributed by atoms with Crippen LogP contribution in [0.25, 0.3) is 0 Å². The van der Waals surface area contributed by atoms with E-state index in [0.717, 1.165) is 24.8 Å². The normalized spacial score (nSPS) is 32.9. The van der Waals surface area contributed by atoms with Crippen LogP contribution in [0.2, 0.25) is 0 Å². The first-order chi connectivity index (χ1) is 10.1. The van der Waals surface area contributed by atoms with Crippen molar-refractivity contribution in [2.45, 2.75) is 57.8 Å². The molecule has 114 valence electrons. The van der Waals surface area contributed by atoms with Gasteiger partial charge in [-0.25, -0.2) is 4.39 Å². The highest BCUT2D eigenvalue weighted by atomic mass is 19.1. The van der Waals surface area contributed by atoms with Crippen molar-refractivity contribution in [3.05, 3.63) is 35.6 Å². The zero-order valence-electron chi connectivity index (χ0n) is 12.7. The Bertz CT molecular complexity index is 516. The Morgan fingerprint density at radius 2 is 2.00 bits per heavy atom. The molecule has 21 heavy (non-hydrogen) atoms. The van der Waals surface area contributed by atoms with E-state index in [1.165, 1.54) is 18.6 Å². The number of benzene rings is 1. The van der Waals surface area contributed by atoms with Crippen LogP contribution in [0.3, 0.4) is 0 Å². The lowest BCUT2D eigenvalue weighted by molar-refractivity contribution is -0.132. The Hall–Kier alpha value is -1.42. The Morgan fingerprint density at radius 3 is 2.57 bits per heavy atom. The number of hydrogen-bond donors (Lipinski definition) is 1. The van der Waals surface area contributed by atoms with Crippen molar-refractivity contribution in [3.8, 4) is 0 Å². The summed E-state index contributed by atoms with van der Waals surface area (Å²) in [5, 5.41) is 3.42. The van der Waals surface area contributed by atoms with Crippen molar-refractivity contribution in [1.29, 1.82) is 0 Å². The maximum Gasteiger partial charge on any atom is 0.241 e. The molecular weight excluding hydrogens is 267 g/mol. The molecule has 0 aromatic heterocycles. The van der Waals surface area contributed by atoms with Gasteiger partial charge in [-0.15, -0.1) is 0 Å². The van der Waals surface area contributed by atoms with Gasteiger partial charge in [0.2, 0.25) is 5.91 Å². The minimum Gasteiger partial charge on any atom is -0.319 e. The average Bonchev–Trinajstić information content (AvgIpc) is 3.03. The van der Waals surface area contributed by atoms with Crippen molar-refractivity contribution >= 4 is 5.91 Å². The molecule has 0 spiro atoms. The third kappa shape index (κ3) is 2.69. The van der Waals surface area contributed by atoms with Crippen LogP contribution in [0.5, 0.6) is 0 Å². The summed E-state index contributed by atoms with van der Waals surface area (Å²) >= 11 is 0. The Labute approximate surface area is 125 Å². The lowest BCUT2D eigenvalue weighted by Gasteiger charge is -2.30. The standard InChI is InChI=1S/C17H23FN2O/c1-3-15-17(21)20(14-9-4-11(2)10-14)16(19-15)12-5-7-13(18)8-6-12/h5-8,11,14-16,19H,3-4,9-10H2,1-2H3. The predicted octanol–water partition coefficient (Wildman–Crippen LogP) is 3.22. The molecule has 1 aliphatic heterocycles. The van der Waals surface area contributed by atoms with E-state index in [2.05, 4.69) is 12.2 Å². The fourth-order valence-corrected chi connectivity index (χ4v) is 3.66. The molecular formula is C17H23FN2O. The van der Waals surface area contributed by atoms with Crippen molar-refractivity contribution in [2.24, 2.45) is 5.92 Å². The summed E-state index contributed by atoms with van der Waals surface area (Å²) in [5.74, 6) is 0.638. The molecule has 1 aliphatic carbocycles. The third-order valence-electron chi connectivity index (χ3n) is 4.84. The van der Waals surface area contributed by atoms with Gasteiger partial charge in [-0.2, -0.15) is 0 Å². The third-order valence-corrected chi connectivity index (χ3v) is 4.84. The van der Waals surface area contributed by atoms with E-state index >= 15 is 0 Å². The molecule has 2 aliphatic rings. The lowest BCUT2D eigenvalue weighted by Crippen LogP contribution is -2.38. The molecule has 1 heterocycles. The molecule has 4 heteroatoms. The van der Waals surface area contributed by atoms with Crippen molar-refractivity contribution in [2.75, 3.05) is 0 Å². The quantitative estimate of drug-likeness (QED) is 0.927. The topological polar surface area (TPSA) is 32.3 Å². The van der Waals surface area contributed by atoms with Crippen LogP contribution in [0.15, 0.2) is 24.3 Å². The molecule has 1 N–H and O–H groups in total. The molecule has 3 nitrogen and oxygen atoms in total. The van der Waals surface area contributed by atoms with Gasteiger partial charge in [-0.05, 0) is 49.3 Å². The molecule has 1 saturated carbocycles. The lowest BCUT2D eigenvalue weighted by atomic mass is 10.1. The predicted molar refractivity (Wildman–Crippen MR) is 80.0 cm³/mol. The Balaban J connectivity index is 1.88. The van der Waals surface area contributed by atoms with Crippen LogP contribution < -0.4 is 5.32 Å². The number of halogens is 1. The first-order valence-electron chi connectivity index (χ1n) is 7.93. The van der Waals surface area contributed by atoms with E-state index < -0.39 is 0 Å². The number of amides is 1. The van der Waals surface area contributed by atoms with Crippen molar-refractivity contribution in [1.82, 2.24) is 10.2 Å².